The van der Waals surface area contributed by atoms with Crippen LogP contribution in [0.1, 0.15) is 10.5 Å². The molecule has 4 nitrogen and oxygen atoms in total. The van der Waals surface area contributed by atoms with Gasteiger partial charge >= 0.3 is 5.97 Å². The molecule has 1 aromatic carbocycles. The van der Waals surface area contributed by atoms with Gasteiger partial charge in [0, 0.05) is 15.9 Å². The minimum atomic E-state index is -0.569. The number of halogens is 1. The molecule has 82 valence electrons. The quantitative estimate of drug-likeness (QED) is 0.816. The van der Waals surface area contributed by atoms with Crippen molar-refractivity contribution in [1.82, 2.24) is 4.98 Å². The van der Waals surface area contributed by atoms with E-state index in [1.54, 1.807) is 18.2 Å². The standard InChI is InChI=1S/C11H8BrNO3/c1-16-11(15)9-5-10(14)7-4-6(12)2-3-8(7)13-9/h2-5H,1H3,(H,13,14). The zero-order valence-corrected chi connectivity index (χ0v) is 9.98. The fourth-order valence-corrected chi connectivity index (χ4v) is 1.75. The summed E-state index contributed by atoms with van der Waals surface area (Å²) in [7, 11) is 1.27. The summed E-state index contributed by atoms with van der Waals surface area (Å²) in [6.07, 6.45) is 0. The van der Waals surface area contributed by atoms with Crippen LogP contribution < -0.4 is 0 Å². The highest BCUT2D eigenvalue weighted by Gasteiger charge is 2.11. The van der Waals surface area contributed by atoms with Crippen LogP contribution in [0.2, 0.25) is 0 Å². The van der Waals surface area contributed by atoms with E-state index in [1.807, 2.05) is 0 Å². The zero-order valence-electron chi connectivity index (χ0n) is 8.40. The number of esters is 1. The number of aromatic nitrogens is 1. The first-order valence-corrected chi connectivity index (χ1v) is 5.28. The van der Waals surface area contributed by atoms with E-state index >= 15 is 0 Å². The monoisotopic (exact) mass is 281 g/mol. The smallest absolute Gasteiger partial charge is 0.356 e. The van der Waals surface area contributed by atoms with Gasteiger partial charge in [-0.15, -0.1) is 0 Å². The Kier molecular flexibility index (Phi) is 2.78. The van der Waals surface area contributed by atoms with Crippen molar-refractivity contribution in [2.75, 3.05) is 7.11 Å². The molecule has 0 aliphatic carbocycles. The number of nitrogens with zero attached hydrogens (tertiary/aromatic N) is 1. The Hall–Kier alpha value is -1.62. The molecule has 0 spiro atoms. The molecule has 2 aromatic rings. The van der Waals surface area contributed by atoms with Crippen molar-refractivity contribution in [2.45, 2.75) is 0 Å². The van der Waals surface area contributed by atoms with Crippen LogP contribution in [0.15, 0.2) is 28.7 Å². The van der Waals surface area contributed by atoms with E-state index in [4.69, 9.17) is 0 Å². The molecular weight excluding hydrogens is 274 g/mol. The Labute approximate surface area is 100.0 Å². The van der Waals surface area contributed by atoms with Crippen LogP contribution in [0.4, 0.5) is 0 Å². The van der Waals surface area contributed by atoms with Crippen LogP contribution in [0.5, 0.6) is 5.75 Å². The van der Waals surface area contributed by atoms with Crippen molar-refractivity contribution >= 4 is 32.8 Å². The molecule has 0 aliphatic rings. The summed E-state index contributed by atoms with van der Waals surface area (Å²) in [5.74, 6) is -0.563. The average Bonchev–Trinajstić information content (AvgIpc) is 2.28. The SMILES string of the molecule is COC(=O)c1cc(O)c2cc(Br)ccc2n1. The Morgan fingerprint density at radius 2 is 2.19 bits per heavy atom. The van der Waals surface area contributed by atoms with Gasteiger partial charge in [-0.25, -0.2) is 9.78 Å². The topological polar surface area (TPSA) is 59.4 Å². The number of aromatic hydroxyl groups is 1. The number of carbonyl (C=O) groups is 1. The molecule has 0 fully saturated rings. The number of benzene rings is 1. The van der Waals surface area contributed by atoms with Crippen molar-refractivity contribution in [3.8, 4) is 5.75 Å². The molecule has 0 aliphatic heterocycles. The number of methoxy groups -OCH3 is 1. The number of carbonyl (C=O) groups excluding carboxylic acids is 1. The Bertz CT molecular complexity index is 568. The molecule has 0 unspecified atom stereocenters. The minimum Gasteiger partial charge on any atom is -0.507 e. The third-order valence-corrected chi connectivity index (χ3v) is 2.64. The molecule has 1 aromatic heterocycles. The van der Waals surface area contributed by atoms with Crippen molar-refractivity contribution in [3.63, 3.8) is 0 Å². The normalized spacial score (nSPS) is 10.4. The van der Waals surface area contributed by atoms with E-state index in [2.05, 4.69) is 25.7 Å². The fraction of sp³-hybridized carbons (Fsp3) is 0.0909. The van der Waals surface area contributed by atoms with E-state index in [0.29, 0.717) is 10.9 Å². The summed E-state index contributed by atoms with van der Waals surface area (Å²) in [6, 6.07) is 6.53. The molecule has 0 amide bonds. The summed E-state index contributed by atoms with van der Waals surface area (Å²) >= 11 is 3.30. The molecular formula is C11H8BrNO3. The number of pyridine rings is 1. The molecule has 0 radical (unpaired) electrons. The van der Waals surface area contributed by atoms with Gasteiger partial charge in [0.2, 0.25) is 0 Å². The molecule has 2 rings (SSSR count). The maximum atomic E-state index is 11.3. The van der Waals surface area contributed by atoms with Crippen molar-refractivity contribution < 1.29 is 14.6 Å². The summed E-state index contributed by atoms with van der Waals surface area (Å²) in [6.45, 7) is 0. The first-order chi connectivity index (χ1) is 7.61. The van der Waals surface area contributed by atoms with Gasteiger partial charge in [0.15, 0.2) is 5.69 Å². The van der Waals surface area contributed by atoms with Gasteiger partial charge in [-0.3, -0.25) is 0 Å². The maximum absolute atomic E-state index is 11.3. The highest BCUT2D eigenvalue weighted by atomic mass is 79.9. The predicted octanol–water partition coefficient (Wildman–Crippen LogP) is 2.49. The summed E-state index contributed by atoms with van der Waals surface area (Å²) in [5.41, 5.74) is 0.637. The molecule has 0 saturated carbocycles. The third-order valence-electron chi connectivity index (χ3n) is 2.14. The second-order valence-corrected chi connectivity index (χ2v) is 4.10. The Morgan fingerprint density at radius 3 is 2.88 bits per heavy atom. The van der Waals surface area contributed by atoms with Crippen LogP contribution in [0, 0.1) is 0 Å². The van der Waals surface area contributed by atoms with Crippen LogP contribution >= 0.6 is 15.9 Å². The lowest BCUT2D eigenvalue weighted by atomic mass is 10.2. The number of fused-ring (bicyclic) bond motifs is 1. The van der Waals surface area contributed by atoms with Crippen LogP contribution in [0.25, 0.3) is 10.9 Å². The molecule has 16 heavy (non-hydrogen) atoms. The summed E-state index contributed by atoms with van der Waals surface area (Å²) < 4.78 is 5.38. The fourth-order valence-electron chi connectivity index (χ4n) is 1.39. The van der Waals surface area contributed by atoms with E-state index in [0.717, 1.165) is 4.47 Å². The lowest BCUT2D eigenvalue weighted by molar-refractivity contribution is 0.0594. The van der Waals surface area contributed by atoms with Gasteiger partial charge in [-0.2, -0.15) is 0 Å². The van der Waals surface area contributed by atoms with E-state index in [1.165, 1.54) is 13.2 Å². The maximum Gasteiger partial charge on any atom is 0.356 e. The van der Waals surface area contributed by atoms with Crippen LogP contribution in [-0.4, -0.2) is 23.2 Å². The number of ether oxygens (including phenoxy) is 1. The number of hydrogen-bond acceptors (Lipinski definition) is 4. The molecule has 0 saturated heterocycles. The number of rotatable bonds is 1. The molecule has 1 heterocycles. The first kappa shape index (κ1) is 10.9. The molecule has 1 N–H and O–H groups in total. The molecule has 5 heteroatoms. The van der Waals surface area contributed by atoms with Gasteiger partial charge in [0.05, 0.1) is 12.6 Å². The average molecular weight is 282 g/mol. The van der Waals surface area contributed by atoms with Crippen molar-refractivity contribution in [3.05, 3.63) is 34.4 Å². The first-order valence-electron chi connectivity index (χ1n) is 4.49. The van der Waals surface area contributed by atoms with Gasteiger partial charge in [-0.1, -0.05) is 15.9 Å². The van der Waals surface area contributed by atoms with Gasteiger partial charge in [0.1, 0.15) is 5.75 Å². The van der Waals surface area contributed by atoms with Gasteiger partial charge < -0.3 is 9.84 Å². The summed E-state index contributed by atoms with van der Waals surface area (Å²) in [5, 5.41) is 10.3. The van der Waals surface area contributed by atoms with Crippen molar-refractivity contribution in [1.29, 1.82) is 0 Å². The minimum absolute atomic E-state index is 0.00620. The highest BCUT2D eigenvalue weighted by molar-refractivity contribution is 9.10. The van der Waals surface area contributed by atoms with E-state index < -0.39 is 5.97 Å². The predicted molar refractivity (Wildman–Crippen MR) is 62.4 cm³/mol. The lowest BCUT2D eigenvalue weighted by Gasteiger charge is -2.04. The van der Waals surface area contributed by atoms with Crippen LogP contribution in [0.3, 0.4) is 0 Å². The lowest BCUT2D eigenvalue weighted by Crippen LogP contribution is -2.04. The molecule has 0 atom stereocenters. The van der Waals surface area contributed by atoms with Crippen molar-refractivity contribution in [2.24, 2.45) is 0 Å². The van der Waals surface area contributed by atoms with Gasteiger partial charge in [-0.05, 0) is 18.2 Å². The van der Waals surface area contributed by atoms with E-state index in [9.17, 15) is 9.90 Å². The third kappa shape index (κ3) is 1.86. The zero-order chi connectivity index (χ0) is 11.7. The Balaban J connectivity index is 2.68. The van der Waals surface area contributed by atoms with Crippen LogP contribution in [-0.2, 0) is 4.74 Å². The largest absolute Gasteiger partial charge is 0.507 e. The van der Waals surface area contributed by atoms with E-state index in [-0.39, 0.29) is 11.4 Å². The summed E-state index contributed by atoms with van der Waals surface area (Å²) in [4.78, 5) is 15.4. The highest BCUT2D eigenvalue weighted by Crippen LogP contribution is 2.27. The second-order valence-electron chi connectivity index (χ2n) is 3.18. The molecule has 0 bridgehead atoms. The number of hydrogen-bond donors (Lipinski definition) is 1. The second kappa shape index (κ2) is 4.09. The van der Waals surface area contributed by atoms with Gasteiger partial charge in [0.25, 0.3) is 0 Å². The Morgan fingerprint density at radius 1 is 1.44 bits per heavy atom.